The molecule has 0 aliphatic carbocycles. The van der Waals surface area contributed by atoms with Gasteiger partial charge in [0.05, 0.1) is 26.1 Å². The van der Waals surface area contributed by atoms with E-state index in [0.717, 1.165) is 9.80 Å². The van der Waals surface area contributed by atoms with Crippen molar-refractivity contribution in [2.75, 3.05) is 27.3 Å². The van der Waals surface area contributed by atoms with Gasteiger partial charge in [-0.05, 0) is 6.42 Å². The molecule has 4 unspecified atom stereocenters. The molecule has 0 radical (unpaired) electrons. The Bertz CT molecular complexity index is 665. The molecule has 0 N–H and O–H groups in total. The molecule has 11 nitrogen and oxygen atoms in total. The zero-order valence-electron chi connectivity index (χ0n) is 16.5. The van der Waals surface area contributed by atoms with Gasteiger partial charge in [-0.3, -0.25) is 24.1 Å². The van der Waals surface area contributed by atoms with Crippen LogP contribution in [0.1, 0.15) is 27.2 Å². The van der Waals surface area contributed by atoms with Crippen molar-refractivity contribution in [3.63, 3.8) is 0 Å². The van der Waals surface area contributed by atoms with E-state index in [2.05, 4.69) is 14.7 Å². The summed E-state index contributed by atoms with van der Waals surface area (Å²) in [5.41, 5.74) is 0. The van der Waals surface area contributed by atoms with Crippen LogP contribution in [0.25, 0.3) is 0 Å². The van der Waals surface area contributed by atoms with E-state index in [1.807, 2.05) is 0 Å². The van der Waals surface area contributed by atoms with Crippen molar-refractivity contribution in [1.29, 1.82) is 0 Å². The number of carbonyl (C=O) groups excluding carboxylic acids is 5. The lowest BCUT2D eigenvalue weighted by atomic mass is 9.99. The molecule has 11 heteroatoms. The van der Waals surface area contributed by atoms with Gasteiger partial charge in [0.2, 0.25) is 0 Å². The van der Waals surface area contributed by atoms with Crippen LogP contribution < -0.4 is 0 Å². The molecule has 0 bridgehead atoms. The highest BCUT2D eigenvalue weighted by molar-refractivity contribution is 6.04. The fourth-order valence-corrected chi connectivity index (χ4v) is 2.94. The number of nitrogens with zero attached hydrogens (tertiary/aromatic N) is 3. The molecule has 4 atom stereocenters. The Kier molecular flexibility index (Phi) is 8.20. The fraction of sp³-hybridized carbons (Fsp3) is 0.706. The number of ether oxygens (including phenoxy) is 2. The Hall–Kier alpha value is -2.85. The summed E-state index contributed by atoms with van der Waals surface area (Å²) in [5.74, 6) is -5.10. The summed E-state index contributed by atoms with van der Waals surface area (Å²) in [6, 6.07) is -1.76. The van der Waals surface area contributed by atoms with Crippen LogP contribution in [-0.2, 0) is 28.7 Å². The van der Waals surface area contributed by atoms with E-state index in [4.69, 9.17) is 0 Å². The molecular weight excluding hydrogens is 374 g/mol. The van der Waals surface area contributed by atoms with Crippen LogP contribution in [0.4, 0.5) is 4.79 Å². The summed E-state index contributed by atoms with van der Waals surface area (Å²) in [6.07, 6.45) is -0.133. The number of carbonyl (C=O) groups is 5. The Morgan fingerprint density at radius 3 is 1.93 bits per heavy atom. The maximum absolute atomic E-state index is 12.8. The van der Waals surface area contributed by atoms with Gasteiger partial charge in [-0.25, -0.2) is 4.79 Å². The SMILES string of the molecule is COC(=O)C(C)CN1C(=O)C(CC(C)C(=O)N=O)N(CC(C)C(=O)OC)C1=O. The number of urea groups is 1. The zero-order chi connectivity index (χ0) is 21.6. The third-order valence-electron chi connectivity index (χ3n) is 4.63. The van der Waals surface area contributed by atoms with Crippen LogP contribution in [0.2, 0.25) is 0 Å². The van der Waals surface area contributed by atoms with Crippen molar-refractivity contribution in [2.24, 2.45) is 22.9 Å². The maximum Gasteiger partial charge on any atom is 0.327 e. The molecule has 0 spiro atoms. The fourth-order valence-electron chi connectivity index (χ4n) is 2.94. The Morgan fingerprint density at radius 2 is 1.46 bits per heavy atom. The quantitative estimate of drug-likeness (QED) is 0.311. The zero-order valence-corrected chi connectivity index (χ0v) is 16.5. The molecule has 1 rings (SSSR count). The van der Waals surface area contributed by atoms with Gasteiger partial charge in [0.1, 0.15) is 6.04 Å². The third kappa shape index (κ3) is 5.11. The van der Waals surface area contributed by atoms with Crippen LogP contribution in [0.15, 0.2) is 5.18 Å². The molecule has 1 aliphatic rings. The lowest BCUT2D eigenvalue weighted by Gasteiger charge is -2.25. The van der Waals surface area contributed by atoms with E-state index in [-0.39, 0.29) is 19.5 Å². The van der Waals surface area contributed by atoms with Gasteiger partial charge in [0.25, 0.3) is 11.8 Å². The number of imide groups is 1. The average Bonchev–Trinajstić information content (AvgIpc) is 2.90. The van der Waals surface area contributed by atoms with E-state index in [1.54, 1.807) is 0 Å². The first-order valence-electron chi connectivity index (χ1n) is 8.73. The number of rotatable bonds is 9. The van der Waals surface area contributed by atoms with Crippen molar-refractivity contribution in [3.05, 3.63) is 4.91 Å². The molecule has 1 heterocycles. The first-order chi connectivity index (χ1) is 13.1. The largest absolute Gasteiger partial charge is 0.469 e. The second kappa shape index (κ2) is 9.90. The van der Waals surface area contributed by atoms with Gasteiger partial charge in [-0.15, -0.1) is 4.91 Å². The van der Waals surface area contributed by atoms with E-state index in [1.165, 1.54) is 35.0 Å². The molecule has 4 amide bonds. The molecule has 0 aromatic rings. The van der Waals surface area contributed by atoms with Crippen LogP contribution in [0.3, 0.4) is 0 Å². The maximum atomic E-state index is 12.8. The van der Waals surface area contributed by atoms with Gasteiger partial charge in [0.15, 0.2) is 0 Å². The number of hydrogen-bond donors (Lipinski definition) is 0. The summed E-state index contributed by atoms with van der Waals surface area (Å²) in [6.45, 7) is 4.12. The number of esters is 2. The predicted octanol–water partition coefficient (Wildman–Crippen LogP) is 0.557. The highest BCUT2D eigenvalue weighted by Crippen LogP contribution is 2.26. The minimum atomic E-state index is -1.06. The van der Waals surface area contributed by atoms with E-state index >= 15 is 0 Å². The normalized spacial score (nSPS) is 19.8. The van der Waals surface area contributed by atoms with Crippen molar-refractivity contribution in [1.82, 2.24) is 9.80 Å². The number of hydrogen-bond acceptors (Lipinski definition) is 8. The van der Waals surface area contributed by atoms with Crippen molar-refractivity contribution in [3.8, 4) is 0 Å². The highest BCUT2D eigenvalue weighted by atomic mass is 16.5. The predicted molar refractivity (Wildman–Crippen MR) is 94.5 cm³/mol. The van der Waals surface area contributed by atoms with Gasteiger partial charge < -0.3 is 14.4 Å². The van der Waals surface area contributed by atoms with E-state index in [9.17, 15) is 28.9 Å². The topological polar surface area (TPSA) is 140 Å². The average molecular weight is 399 g/mol. The van der Waals surface area contributed by atoms with Gasteiger partial charge in [-0.2, -0.15) is 0 Å². The van der Waals surface area contributed by atoms with Crippen LogP contribution >= 0.6 is 0 Å². The Labute approximate surface area is 162 Å². The minimum Gasteiger partial charge on any atom is -0.469 e. The van der Waals surface area contributed by atoms with Gasteiger partial charge in [-0.1, -0.05) is 20.8 Å². The molecule has 1 aliphatic heterocycles. The summed E-state index contributed by atoms with van der Waals surface area (Å²) >= 11 is 0. The first-order valence-corrected chi connectivity index (χ1v) is 8.73. The molecule has 1 saturated heterocycles. The highest BCUT2D eigenvalue weighted by Gasteiger charge is 2.47. The van der Waals surface area contributed by atoms with Crippen molar-refractivity contribution >= 4 is 29.8 Å². The van der Waals surface area contributed by atoms with Crippen LogP contribution in [-0.4, -0.2) is 72.9 Å². The smallest absolute Gasteiger partial charge is 0.327 e. The molecule has 0 saturated carbocycles. The lowest BCUT2D eigenvalue weighted by molar-refractivity contribution is -0.146. The Balaban J connectivity index is 3.11. The second-order valence-electron chi connectivity index (χ2n) is 6.81. The molecule has 156 valence electrons. The first kappa shape index (κ1) is 23.2. The summed E-state index contributed by atoms with van der Waals surface area (Å²) < 4.78 is 9.26. The molecule has 1 fully saturated rings. The third-order valence-corrected chi connectivity index (χ3v) is 4.63. The molecule has 28 heavy (non-hydrogen) atoms. The van der Waals surface area contributed by atoms with E-state index in [0.29, 0.717) is 0 Å². The summed E-state index contributed by atoms with van der Waals surface area (Å²) in [4.78, 5) is 73.0. The van der Waals surface area contributed by atoms with Crippen LogP contribution in [0, 0.1) is 22.7 Å². The minimum absolute atomic E-state index is 0.125. The number of amides is 4. The van der Waals surface area contributed by atoms with Crippen molar-refractivity contribution in [2.45, 2.75) is 33.2 Å². The standard InChI is InChI=1S/C17H25N3O8/c1-9(13(21)18-26)6-12-14(22)20(8-11(3)16(24)28-5)17(25)19(12)7-10(2)15(23)27-4/h9-12H,6-8H2,1-5H3. The van der Waals surface area contributed by atoms with Gasteiger partial charge >= 0.3 is 18.0 Å². The van der Waals surface area contributed by atoms with E-state index < -0.39 is 53.6 Å². The monoisotopic (exact) mass is 399 g/mol. The summed E-state index contributed by atoms with van der Waals surface area (Å²) in [5, 5.41) is 2.35. The lowest BCUT2D eigenvalue weighted by Crippen LogP contribution is -2.41. The molecular formula is C17H25N3O8. The second-order valence-corrected chi connectivity index (χ2v) is 6.81. The van der Waals surface area contributed by atoms with Crippen molar-refractivity contribution < 1.29 is 33.4 Å². The number of nitroso groups, excluding NO2 is 1. The summed E-state index contributed by atoms with van der Waals surface area (Å²) in [7, 11) is 2.40. The number of methoxy groups -OCH3 is 2. The van der Waals surface area contributed by atoms with Crippen LogP contribution in [0.5, 0.6) is 0 Å². The Morgan fingerprint density at radius 1 is 0.964 bits per heavy atom. The molecule has 0 aromatic carbocycles. The molecule has 0 aromatic heterocycles. The van der Waals surface area contributed by atoms with Gasteiger partial charge in [0, 0.05) is 24.2 Å².